The number of carbonyl (C=O) groups excluding carboxylic acids is 1. The van der Waals surface area contributed by atoms with Gasteiger partial charge >= 0.3 is 4.87 Å². The molecule has 0 fully saturated rings. The first-order valence-electron chi connectivity index (χ1n) is 6.34. The minimum atomic E-state index is -0.198. The van der Waals surface area contributed by atoms with Gasteiger partial charge in [0.25, 0.3) is 5.91 Å². The number of hydrogen-bond acceptors (Lipinski definition) is 4. The van der Waals surface area contributed by atoms with Crippen molar-refractivity contribution in [3.05, 3.63) is 55.6 Å². The molecule has 1 heterocycles. The molecule has 5 nitrogen and oxygen atoms in total. The van der Waals surface area contributed by atoms with Gasteiger partial charge in [0.15, 0.2) is 0 Å². The highest BCUT2D eigenvalue weighted by Crippen LogP contribution is 2.11. The van der Waals surface area contributed by atoms with E-state index in [0.29, 0.717) is 11.3 Å². The molecule has 2 rings (SSSR count). The summed E-state index contributed by atoms with van der Waals surface area (Å²) in [4.78, 5) is 25.7. The van der Waals surface area contributed by atoms with Gasteiger partial charge in [-0.25, -0.2) is 0 Å². The molecule has 0 unspecified atom stereocenters. The Morgan fingerprint density at radius 1 is 1.48 bits per heavy atom. The minimum absolute atomic E-state index is 0.130. The number of aromatic amines is 1. The zero-order chi connectivity index (χ0) is 15.2. The molecule has 2 aromatic rings. The van der Waals surface area contributed by atoms with Gasteiger partial charge in [0.05, 0.1) is 13.1 Å². The van der Waals surface area contributed by atoms with E-state index >= 15 is 0 Å². The SMILES string of the molecule is Cc1ccc(C#CCN)cc1C(=O)NCc1csc(=O)[nH]1. The van der Waals surface area contributed by atoms with E-state index in [4.69, 9.17) is 5.73 Å². The fourth-order valence-corrected chi connectivity index (χ4v) is 2.35. The lowest BCUT2D eigenvalue weighted by atomic mass is 10.0. The van der Waals surface area contributed by atoms with Gasteiger partial charge in [0.2, 0.25) is 0 Å². The fourth-order valence-electron chi connectivity index (χ4n) is 1.77. The lowest BCUT2D eigenvalue weighted by molar-refractivity contribution is 0.0950. The fraction of sp³-hybridized carbons (Fsp3) is 0.200. The van der Waals surface area contributed by atoms with E-state index in [0.717, 1.165) is 22.5 Å². The van der Waals surface area contributed by atoms with Crippen molar-refractivity contribution in [2.24, 2.45) is 5.73 Å². The summed E-state index contributed by atoms with van der Waals surface area (Å²) >= 11 is 1.07. The summed E-state index contributed by atoms with van der Waals surface area (Å²) in [6.45, 7) is 2.43. The summed E-state index contributed by atoms with van der Waals surface area (Å²) in [6.07, 6.45) is 0. The molecule has 6 heteroatoms. The average Bonchev–Trinajstić information content (AvgIpc) is 2.89. The molecule has 0 saturated heterocycles. The van der Waals surface area contributed by atoms with Crippen LogP contribution in [0.25, 0.3) is 0 Å². The molecule has 0 atom stereocenters. The Bertz CT molecular complexity index is 765. The highest BCUT2D eigenvalue weighted by Gasteiger charge is 2.09. The zero-order valence-electron chi connectivity index (χ0n) is 11.5. The zero-order valence-corrected chi connectivity index (χ0v) is 12.3. The van der Waals surface area contributed by atoms with Crippen molar-refractivity contribution in [1.29, 1.82) is 0 Å². The van der Waals surface area contributed by atoms with Crippen LogP contribution in [-0.4, -0.2) is 17.4 Å². The Hall–Kier alpha value is -2.36. The summed E-state index contributed by atoms with van der Waals surface area (Å²) in [5.74, 6) is 5.46. The van der Waals surface area contributed by atoms with Crippen LogP contribution in [0, 0.1) is 18.8 Å². The highest BCUT2D eigenvalue weighted by molar-refractivity contribution is 7.07. The van der Waals surface area contributed by atoms with E-state index in [9.17, 15) is 9.59 Å². The molecule has 1 amide bonds. The second kappa shape index (κ2) is 6.88. The van der Waals surface area contributed by atoms with E-state index in [1.165, 1.54) is 0 Å². The number of benzene rings is 1. The van der Waals surface area contributed by atoms with Gasteiger partial charge in [-0.05, 0) is 24.6 Å². The molecule has 1 aromatic carbocycles. The third kappa shape index (κ3) is 4.05. The Morgan fingerprint density at radius 2 is 2.29 bits per heavy atom. The van der Waals surface area contributed by atoms with E-state index in [2.05, 4.69) is 22.1 Å². The van der Waals surface area contributed by atoms with Crippen molar-refractivity contribution < 1.29 is 4.79 Å². The first kappa shape index (κ1) is 15.0. The number of hydrogen-bond donors (Lipinski definition) is 3. The third-order valence-corrected chi connectivity index (χ3v) is 3.55. The van der Waals surface area contributed by atoms with E-state index in [-0.39, 0.29) is 23.9 Å². The normalized spacial score (nSPS) is 9.81. The standard InChI is InChI=1S/C15H15N3O2S/c1-10-4-5-11(3-2-6-16)7-13(10)14(19)17-8-12-9-21-15(20)18-12/h4-5,7,9H,6,8,16H2,1H3,(H,17,19)(H,18,20). The summed E-state index contributed by atoms with van der Waals surface area (Å²) in [5.41, 5.74) is 8.21. The number of aromatic nitrogens is 1. The molecule has 4 N–H and O–H groups in total. The van der Waals surface area contributed by atoms with E-state index < -0.39 is 0 Å². The number of nitrogens with two attached hydrogens (primary N) is 1. The van der Waals surface area contributed by atoms with E-state index in [1.807, 2.05) is 19.1 Å². The molecule has 0 aliphatic carbocycles. The van der Waals surface area contributed by atoms with Crippen LogP contribution in [0.15, 0.2) is 28.4 Å². The van der Waals surface area contributed by atoms with Crippen LogP contribution in [0.2, 0.25) is 0 Å². The van der Waals surface area contributed by atoms with Gasteiger partial charge in [-0.1, -0.05) is 29.2 Å². The molecule has 0 spiro atoms. The predicted octanol–water partition coefficient (Wildman–Crippen LogP) is 0.985. The number of carbonyl (C=O) groups is 1. The number of nitrogens with one attached hydrogen (secondary N) is 2. The first-order chi connectivity index (χ1) is 10.1. The number of rotatable bonds is 3. The quantitative estimate of drug-likeness (QED) is 0.739. The highest BCUT2D eigenvalue weighted by atomic mass is 32.1. The van der Waals surface area contributed by atoms with Crippen molar-refractivity contribution in [3.63, 3.8) is 0 Å². The molecular formula is C15H15N3O2S. The molecule has 0 radical (unpaired) electrons. The van der Waals surface area contributed by atoms with Gasteiger partial charge in [-0.3, -0.25) is 9.59 Å². The van der Waals surface area contributed by atoms with Crippen LogP contribution < -0.4 is 15.9 Å². The van der Waals surface area contributed by atoms with Gasteiger partial charge in [0, 0.05) is 22.2 Å². The maximum absolute atomic E-state index is 12.2. The summed E-state index contributed by atoms with van der Waals surface area (Å²) in [7, 11) is 0. The van der Waals surface area contributed by atoms with Crippen LogP contribution in [0.4, 0.5) is 0 Å². The van der Waals surface area contributed by atoms with Gasteiger partial charge in [-0.2, -0.15) is 0 Å². The molecule has 0 saturated carbocycles. The molecule has 21 heavy (non-hydrogen) atoms. The van der Waals surface area contributed by atoms with E-state index in [1.54, 1.807) is 11.4 Å². The summed E-state index contributed by atoms with van der Waals surface area (Å²) in [5, 5.41) is 4.47. The lowest BCUT2D eigenvalue weighted by Gasteiger charge is -2.07. The lowest BCUT2D eigenvalue weighted by Crippen LogP contribution is -2.24. The van der Waals surface area contributed by atoms with Crippen LogP contribution in [0.1, 0.15) is 27.2 Å². The Kier molecular flexibility index (Phi) is 4.93. The Morgan fingerprint density at radius 3 is 2.95 bits per heavy atom. The average molecular weight is 301 g/mol. The Balaban J connectivity index is 2.12. The maximum Gasteiger partial charge on any atom is 0.304 e. The Labute approximate surface area is 126 Å². The monoisotopic (exact) mass is 301 g/mol. The van der Waals surface area contributed by atoms with Gasteiger partial charge < -0.3 is 16.0 Å². The van der Waals surface area contributed by atoms with Gasteiger partial charge in [-0.15, -0.1) is 0 Å². The number of aryl methyl sites for hydroxylation is 1. The van der Waals surface area contributed by atoms with Crippen LogP contribution in [0.3, 0.4) is 0 Å². The second-order valence-electron chi connectivity index (χ2n) is 4.39. The number of H-pyrrole nitrogens is 1. The third-order valence-electron chi connectivity index (χ3n) is 2.83. The minimum Gasteiger partial charge on any atom is -0.346 e. The van der Waals surface area contributed by atoms with Crippen LogP contribution >= 0.6 is 11.3 Å². The van der Waals surface area contributed by atoms with Crippen molar-refractivity contribution in [3.8, 4) is 11.8 Å². The molecule has 1 aromatic heterocycles. The number of amides is 1. The molecular weight excluding hydrogens is 286 g/mol. The van der Waals surface area contributed by atoms with Crippen molar-refractivity contribution in [2.45, 2.75) is 13.5 Å². The molecule has 0 bridgehead atoms. The summed E-state index contributed by atoms with van der Waals surface area (Å²) < 4.78 is 0. The number of thiazole rings is 1. The topological polar surface area (TPSA) is 88.0 Å². The van der Waals surface area contributed by atoms with Crippen LogP contribution in [0.5, 0.6) is 0 Å². The molecule has 0 aliphatic rings. The van der Waals surface area contributed by atoms with Crippen molar-refractivity contribution >= 4 is 17.2 Å². The second-order valence-corrected chi connectivity index (χ2v) is 5.23. The largest absolute Gasteiger partial charge is 0.346 e. The molecule has 108 valence electrons. The maximum atomic E-state index is 12.2. The summed E-state index contributed by atoms with van der Waals surface area (Å²) in [6, 6.07) is 5.44. The van der Waals surface area contributed by atoms with Crippen molar-refractivity contribution in [1.82, 2.24) is 10.3 Å². The van der Waals surface area contributed by atoms with Crippen LogP contribution in [-0.2, 0) is 6.54 Å². The first-order valence-corrected chi connectivity index (χ1v) is 7.22. The molecule has 0 aliphatic heterocycles. The predicted molar refractivity (Wildman–Crippen MR) is 83.2 cm³/mol. The van der Waals surface area contributed by atoms with Crippen molar-refractivity contribution in [2.75, 3.05) is 6.54 Å². The van der Waals surface area contributed by atoms with Gasteiger partial charge in [0.1, 0.15) is 0 Å². The smallest absolute Gasteiger partial charge is 0.304 e.